The van der Waals surface area contributed by atoms with Crippen LogP contribution in [0.5, 0.6) is 0 Å². The molecule has 238 valence electrons. The molecule has 6 rings (SSSR count). The summed E-state index contributed by atoms with van der Waals surface area (Å²) in [4.78, 5) is 39.7. The number of carbonyl (C=O) groups is 1. The van der Waals surface area contributed by atoms with Crippen molar-refractivity contribution in [2.75, 3.05) is 53.0 Å². The molecule has 1 aromatic rings. The van der Waals surface area contributed by atoms with E-state index in [2.05, 4.69) is 45.9 Å². The van der Waals surface area contributed by atoms with Crippen molar-refractivity contribution < 1.29 is 9.18 Å². The molecule has 2 N–H and O–H groups in total. The standard InChI is InChI=1S/C33H43FN10O/c1-23-28-9-3-4-10-29(28)39-30(40(23)2)20-44-31(45)21-43(18-25-16-26(34)12-11-24(25)17-35)32(41-14-6-5-8-27(36)19-41)38-22-42-15-7-13-37-33(42)44/h3-4,9-12,16,23,27-29H,5-8,13-15,18-22,36H2,1-2H3/b38-32-/t23?,27-,28?,29?/m1/s1. The number of likely N-dealkylation sites (N-methyl/N-ethyl adjacent to an activating group) is 1. The number of nitriles is 1. The van der Waals surface area contributed by atoms with Gasteiger partial charge in [-0.15, -0.1) is 0 Å². The van der Waals surface area contributed by atoms with Crippen LogP contribution in [-0.2, 0) is 11.3 Å². The molecule has 3 unspecified atom stereocenters. The Hall–Kier alpha value is -4.24. The second-order valence-electron chi connectivity index (χ2n) is 12.6. The summed E-state index contributed by atoms with van der Waals surface area (Å²) in [6.45, 7) is 5.60. The first-order chi connectivity index (χ1) is 21.8. The van der Waals surface area contributed by atoms with Crippen LogP contribution in [0, 0.1) is 23.1 Å². The zero-order chi connectivity index (χ0) is 31.5. The third-order valence-electron chi connectivity index (χ3n) is 9.52. The second kappa shape index (κ2) is 13.4. The highest BCUT2D eigenvalue weighted by atomic mass is 19.1. The first kappa shape index (κ1) is 30.8. The molecule has 1 fully saturated rings. The Morgan fingerprint density at radius 3 is 2.73 bits per heavy atom. The molecule has 4 heterocycles. The van der Waals surface area contributed by atoms with Crippen molar-refractivity contribution in [3.8, 4) is 6.07 Å². The summed E-state index contributed by atoms with van der Waals surface area (Å²) < 4.78 is 14.5. The highest BCUT2D eigenvalue weighted by Gasteiger charge is 2.38. The highest BCUT2D eigenvalue weighted by molar-refractivity contribution is 6.03. The predicted molar refractivity (Wildman–Crippen MR) is 173 cm³/mol. The normalized spacial score (nSPS) is 28.5. The van der Waals surface area contributed by atoms with Gasteiger partial charge in [-0.2, -0.15) is 5.26 Å². The van der Waals surface area contributed by atoms with E-state index in [0.29, 0.717) is 42.8 Å². The molecule has 0 saturated carbocycles. The number of hydrogen-bond acceptors (Lipinski definition) is 10. The van der Waals surface area contributed by atoms with Gasteiger partial charge in [0.2, 0.25) is 11.9 Å². The van der Waals surface area contributed by atoms with Crippen molar-refractivity contribution >= 4 is 23.7 Å². The highest BCUT2D eigenvalue weighted by Crippen LogP contribution is 2.28. The number of amidine groups is 1. The van der Waals surface area contributed by atoms with Crippen LogP contribution >= 0.6 is 0 Å². The number of amides is 1. The molecule has 1 aliphatic carbocycles. The number of hydrogen-bond donors (Lipinski definition) is 1. The Morgan fingerprint density at radius 1 is 1.07 bits per heavy atom. The number of allylic oxidation sites excluding steroid dienone is 2. The topological polar surface area (TPSA) is 120 Å². The molecule has 1 aromatic carbocycles. The first-order valence-electron chi connectivity index (χ1n) is 16.0. The molecule has 0 aromatic heterocycles. The molecule has 11 nitrogen and oxygen atoms in total. The summed E-state index contributed by atoms with van der Waals surface area (Å²) in [6, 6.07) is 6.54. The summed E-state index contributed by atoms with van der Waals surface area (Å²) in [5, 5.41) is 9.84. The third kappa shape index (κ3) is 6.59. The van der Waals surface area contributed by atoms with Crippen LogP contribution in [0.2, 0.25) is 0 Å². The first-order valence-corrected chi connectivity index (χ1v) is 16.0. The lowest BCUT2D eigenvalue weighted by atomic mass is 9.87. The van der Waals surface area contributed by atoms with Crippen LogP contribution in [0.3, 0.4) is 0 Å². The number of likely N-dealkylation sites (tertiary alicyclic amines) is 1. The number of guanidine groups is 2. The van der Waals surface area contributed by atoms with E-state index in [1.54, 1.807) is 4.90 Å². The Labute approximate surface area is 264 Å². The minimum Gasteiger partial charge on any atom is -0.359 e. The molecule has 45 heavy (non-hydrogen) atoms. The summed E-state index contributed by atoms with van der Waals surface area (Å²) in [7, 11) is 2.04. The Kier molecular flexibility index (Phi) is 9.16. The zero-order valence-corrected chi connectivity index (χ0v) is 26.2. The lowest BCUT2D eigenvalue weighted by molar-refractivity contribution is -0.127. The molecule has 4 aliphatic heterocycles. The van der Waals surface area contributed by atoms with Crippen LogP contribution < -0.4 is 5.73 Å². The average molecular weight is 615 g/mol. The maximum Gasteiger partial charge on any atom is 0.249 e. The van der Waals surface area contributed by atoms with Crippen molar-refractivity contribution in [2.45, 2.75) is 57.3 Å². The van der Waals surface area contributed by atoms with Gasteiger partial charge in [-0.3, -0.25) is 19.7 Å². The van der Waals surface area contributed by atoms with Crippen LogP contribution in [0.25, 0.3) is 0 Å². The predicted octanol–water partition coefficient (Wildman–Crippen LogP) is 2.37. The van der Waals surface area contributed by atoms with Gasteiger partial charge in [-0.25, -0.2) is 9.38 Å². The van der Waals surface area contributed by atoms with Gasteiger partial charge >= 0.3 is 0 Å². The van der Waals surface area contributed by atoms with E-state index < -0.39 is 5.82 Å². The van der Waals surface area contributed by atoms with E-state index in [0.717, 1.165) is 44.6 Å². The van der Waals surface area contributed by atoms with Crippen LogP contribution in [-0.4, -0.2) is 119 Å². The maximum absolute atomic E-state index is 14.5. The van der Waals surface area contributed by atoms with Gasteiger partial charge in [-0.05, 0) is 49.9 Å². The second-order valence-corrected chi connectivity index (χ2v) is 12.6. The summed E-state index contributed by atoms with van der Waals surface area (Å²) in [6.07, 6.45) is 12.2. The van der Waals surface area contributed by atoms with Crippen molar-refractivity contribution in [3.63, 3.8) is 0 Å². The van der Waals surface area contributed by atoms with Crippen molar-refractivity contribution in [2.24, 2.45) is 26.6 Å². The van der Waals surface area contributed by atoms with Gasteiger partial charge in [0.25, 0.3) is 0 Å². The molecule has 1 amide bonds. The lowest BCUT2D eigenvalue weighted by Gasteiger charge is -2.43. The van der Waals surface area contributed by atoms with E-state index >= 15 is 0 Å². The largest absolute Gasteiger partial charge is 0.359 e. The maximum atomic E-state index is 14.5. The number of halogens is 1. The number of rotatable bonds is 4. The van der Waals surface area contributed by atoms with E-state index in [1.165, 1.54) is 18.2 Å². The van der Waals surface area contributed by atoms with Crippen LogP contribution in [0.4, 0.5) is 4.39 Å². The van der Waals surface area contributed by atoms with Gasteiger partial charge in [0.15, 0.2) is 5.96 Å². The Morgan fingerprint density at radius 2 is 1.89 bits per heavy atom. The zero-order valence-electron chi connectivity index (χ0n) is 26.2. The third-order valence-corrected chi connectivity index (χ3v) is 9.52. The molecule has 0 bridgehead atoms. The number of aliphatic imine (C=N–C) groups is 3. The van der Waals surface area contributed by atoms with Gasteiger partial charge in [0, 0.05) is 57.8 Å². The summed E-state index contributed by atoms with van der Waals surface area (Å²) in [5.41, 5.74) is 7.36. The fourth-order valence-corrected chi connectivity index (χ4v) is 6.90. The molecule has 4 atom stereocenters. The monoisotopic (exact) mass is 614 g/mol. The van der Waals surface area contributed by atoms with Gasteiger partial charge in [0.05, 0.1) is 24.2 Å². The lowest BCUT2D eigenvalue weighted by Crippen LogP contribution is -2.57. The molecular weight excluding hydrogens is 571 g/mol. The fourth-order valence-electron chi connectivity index (χ4n) is 6.90. The molecular formula is C33H43FN10O. The number of carbonyl (C=O) groups excluding carboxylic acids is 1. The van der Waals surface area contributed by atoms with Crippen LogP contribution in [0.15, 0.2) is 57.5 Å². The summed E-state index contributed by atoms with van der Waals surface area (Å²) in [5.74, 6) is 1.76. The molecule has 12 heteroatoms. The van der Waals surface area contributed by atoms with Gasteiger partial charge in [-0.1, -0.05) is 30.7 Å². The quantitative estimate of drug-likeness (QED) is 0.553. The fraction of sp³-hybridized carbons (Fsp3) is 0.545. The number of nitrogens with two attached hydrogens (primary N) is 1. The van der Waals surface area contributed by atoms with Gasteiger partial charge in [0.1, 0.15) is 24.9 Å². The molecule has 1 saturated heterocycles. The SMILES string of the molecule is CC1C2C=CC=CC2N=C(CN2C(=O)CN(Cc3cc(F)ccc3C#N)/C(N3CCCC[C@@H](N)C3)=N\CN3CCCN=C32)N1C. The number of nitrogens with zero attached hydrogens (tertiary/aromatic N) is 9. The van der Waals surface area contributed by atoms with E-state index in [9.17, 15) is 14.4 Å². The van der Waals surface area contributed by atoms with Crippen molar-refractivity contribution in [1.82, 2.24) is 24.5 Å². The van der Waals surface area contributed by atoms with E-state index in [1.807, 2.05) is 18.0 Å². The molecule has 5 aliphatic rings. The minimum absolute atomic E-state index is 0.0179. The van der Waals surface area contributed by atoms with E-state index in [-0.39, 0.29) is 49.6 Å². The van der Waals surface area contributed by atoms with Crippen molar-refractivity contribution in [3.05, 3.63) is 59.4 Å². The number of benzene rings is 1. The van der Waals surface area contributed by atoms with E-state index in [4.69, 9.17) is 20.7 Å². The molecule has 0 radical (unpaired) electrons. The van der Waals surface area contributed by atoms with Crippen LogP contribution in [0.1, 0.15) is 43.7 Å². The Bertz CT molecular complexity index is 1480. The minimum atomic E-state index is -0.430. The Balaban J connectivity index is 1.38. The molecule has 0 spiro atoms. The average Bonchev–Trinajstić information content (AvgIpc) is 3.23. The van der Waals surface area contributed by atoms with Crippen molar-refractivity contribution in [1.29, 1.82) is 5.26 Å². The number of fused-ring (bicyclic) bond motifs is 2. The van der Waals surface area contributed by atoms with Gasteiger partial charge < -0.3 is 25.3 Å². The smallest absolute Gasteiger partial charge is 0.249 e. The summed E-state index contributed by atoms with van der Waals surface area (Å²) >= 11 is 0.